The molecule has 1 aromatic rings. The maximum atomic E-state index is 5.78. The number of nitrogens with two attached hydrogens (primary N) is 1. The van der Waals surface area contributed by atoms with Gasteiger partial charge in [-0.25, -0.2) is 0 Å². The van der Waals surface area contributed by atoms with Crippen LogP contribution in [0.25, 0.3) is 0 Å². The molecule has 0 radical (unpaired) electrons. The highest BCUT2D eigenvalue weighted by Gasteiger charge is 2.18. The second-order valence-electron chi connectivity index (χ2n) is 5.51. The van der Waals surface area contributed by atoms with Gasteiger partial charge in [-0.2, -0.15) is 0 Å². The average molecular weight is 277 g/mol. The van der Waals surface area contributed by atoms with E-state index in [1.54, 1.807) is 0 Å². The van der Waals surface area contributed by atoms with Crippen molar-refractivity contribution in [1.29, 1.82) is 0 Å². The van der Waals surface area contributed by atoms with Gasteiger partial charge >= 0.3 is 0 Å². The molecule has 1 aliphatic heterocycles. The van der Waals surface area contributed by atoms with Gasteiger partial charge in [0.25, 0.3) is 0 Å². The number of morpholine rings is 1. The predicted octanol–water partition coefficient (Wildman–Crippen LogP) is 1.17. The first-order chi connectivity index (χ1) is 9.79. The van der Waals surface area contributed by atoms with Gasteiger partial charge < -0.3 is 10.5 Å². The van der Waals surface area contributed by atoms with Crippen molar-refractivity contribution < 1.29 is 4.74 Å². The third-order valence-corrected chi connectivity index (χ3v) is 3.89. The summed E-state index contributed by atoms with van der Waals surface area (Å²) in [5, 5.41) is 0. The minimum Gasteiger partial charge on any atom is -0.379 e. The summed E-state index contributed by atoms with van der Waals surface area (Å²) in [6, 6.07) is 11.1. The van der Waals surface area contributed by atoms with Gasteiger partial charge in [-0.1, -0.05) is 30.3 Å². The van der Waals surface area contributed by atoms with Crippen molar-refractivity contribution in [3.63, 3.8) is 0 Å². The number of ether oxygens (including phenoxy) is 1. The van der Waals surface area contributed by atoms with Gasteiger partial charge in [0.2, 0.25) is 0 Å². The first kappa shape index (κ1) is 15.4. The molecule has 0 bridgehead atoms. The number of benzene rings is 1. The van der Waals surface area contributed by atoms with E-state index in [0.29, 0.717) is 12.6 Å². The van der Waals surface area contributed by atoms with Gasteiger partial charge in [0.1, 0.15) is 0 Å². The SMILES string of the molecule is CC(CN1CCOCC1)N(CCN)Cc1ccccc1. The Morgan fingerprint density at radius 2 is 1.95 bits per heavy atom. The fourth-order valence-corrected chi connectivity index (χ4v) is 2.71. The van der Waals surface area contributed by atoms with Crippen LogP contribution in [-0.4, -0.2) is 61.8 Å². The molecule has 1 unspecified atom stereocenters. The average Bonchev–Trinajstić information content (AvgIpc) is 2.49. The Morgan fingerprint density at radius 1 is 1.25 bits per heavy atom. The van der Waals surface area contributed by atoms with Gasteiger partial charge in [-0.05, 0) is 12.5 Å². The summed E-state index contributed by atoms with van der Waals surface area (Å²) in [6.07, 6.45) is 0. The maximum Gasteiger partial charge on any atom is 0.0594 e. The largest absolute Gasteiger partial charge is 0.379 e. The summed E-state index contributed by atoms with van der Waals surface area (Å²) in [4.78, 5) is 4.97. The third kappa shape index (κ3) is 4.87. The molecule has 1 atom stereocenters. The van der Waals surface area contributed by atoms with Crippen LogP contribution in [0.4, 0.5) is 0 Å². The van der Waals surface area contributed by atoms with Crippen molar-refractivity contribution in [2.75, 3.05) is 45.9 Å². The van der Waals surface area contributed by atoms with Crippen molar-refractivity contribution >= 4 is 0 Å². The van der Waals surface area contributed by atoms with Crippen molar-refractivity contribution in [2.24, 2.45) is 5.73 Å². The summed E-state index contributed by atoms with van der Waals surface area (Å²) in [7, 11) is 0. The third-order valence-electron chi connectivity index (χ3n) is 3.89. The van der Waals surface area contributed by atoms with Crippen LogP contribution in [0, 0.1) is 0 Å². The van der Waals surface area contributed by atoms with E-state index in [0.717, 1.165) is 45.9 Å². The molecule has 0 amide bonds. The Hall–Kier alpha value is -0.940. The Morgan fingerprint density at radius 3 is 2.60 bits per heavy atom. The molecule has 1 aliphatic rings. The van der Waals surface area contributed by atoms with Crippen molar-refractivity contribution in [3.05, 3.63) is 35.9 Å². The Balaban J connectivity index is 1.89. The van der Waals surface area contributed by atoms with E-state index in [1.165, 1.54) is 5.56 Å². The van der Waals surface area contributed by atoms with E-state index in [2.05, 4.69) is 47.1 Å². The minimum absolute atomic E-state index is 0.511. The van der Waals surface area contributed by atoms with Gasteiger partial charge in [0.15, 0.2) is 0 Å². The zero-order valence-electron chi connectivity index (χ0n) is 12.5. The van der Waals surface area contributed by atoms with Crippen LogP contribution >= 0.6 is 0 Å². The molecule has 2 rings (SSSR count). The Bertz CT molecular complexity index is 365. The van der Waals surface area contributed by atoms with E-state index in [4.69, 9.17) is 10.5 Å². The molecule has 20 heavy (non-hydrogen) atoms. The lowest BCUT2D eigenvalue weighted by atomic mass is 10.1. The van der Waals surface area contributed by atoms with Crippen LogP contribution in [-0.2, 0) is 11.3 Å². The molecule has 2 N–H and O–H groups in total. The molecular formula is C16H27N3O. The first-order valence-electron chi connectivity index (χ1n) is 7.57. The highest BCUT2D eigenvalue weighted by atomic mass is 16.5. The molecule has 0 aliphatic carbocycles. The zero-order valence-corrected chi connectivity index (χ0v) is 12.5. The number of rotatable bonds is 7. The number of hydrogen-bond donors (Lipinski definition) is 1. The zero-order chi connectivity index (χ0) is 14.2. The van der Waals surface area contributed by atoms with Crippen molar-refractivity contribution in [2.45, 2.75) is 19.5 Å². The first-order valence-corrected chi connectivity index (χ1v) is 7.57. The molecule has 0 spiro atoms. The summed E-state index contributed by atoms with van der Waals surface area (Å²) >= 11 is 0. The monoisotopic (exact) mass is 277 g/mol. The topological polar surface area (TPSA) is 41.7 Å². The lowest BCUT2D eigenvalue weighted by Crippen LogP contribution is -2.47. The fraction of sp³-hybridized carbons (Fsp3) is 0.625. The van der Waals surface area contributed by atoms with Gasteiger partial charge in [0, 0.05) is 45.3 Å². The predicted molar refractivity (Wildman–Crippen MR) is 82.6 cm³/mol. The van der Waals surface area contributed by atoms with Crippen molar-refractivity contribution in [1.82, 2.24) is 9.80 Å². The normalized spacial score (nSPS) is 18.4. The maximum absolute atomic E-state index is 5.78. The molecule has 1 heterocycles. The van der Waals surface area contributed by atoms with Gasteiger partial charge in [0.05, 0.1) is 13.2 Å². The van der Waals surface area contributed by atoms with Crippen LogP contribution in [0.3, 0.4) is 0 Å². The highest BCUT2D eigenvalue weighted by Crippen LogP contribution is 2.10. The Kier molecular flexibility index (Phi) is 6.47. The Labute approximate surface area is 122 Å². The smallest absolute Gasteiger partial charge is 0.0594 e. The van der Waals surface area contributed by atoms with E-state index >= 15 is 0 Å². The van der Waals surface area contributed by atoms with Crippen LogP contribution in [0.15, 0.2) is 30.3 Å². The molecule has 0 saturated carbocycles. The summed E-state index contributed by atoms with van der Waals surface area (Å²) in [5.41, 5.74) is 7.14. The molecule has 4 nitrogen and oxygen atoms in total. The molecule has 112 valence electrons. The van der Waals surface area contributed by atoms with E-state index < -0.39 is 0 Å². The number of hydrogen-bond acceptors (Lipinski definition) is 4. The standard InChI is InChI=1S/C16H27N3O/c1-15(13-18-9-11-20-12-10-18)19(8-7-17)14-16-5-3-2-4-6-16/h2-6,15H,7-14,17H2,1H3. The van der Waals surface area contributed by atoms with Crippen molar-refractivity contribution in [3.8, 4) is 0 Å². The molecule has 0 aromatic heterocycles. The molecule has 1 saturated heterocycles. The second kappa shape index (κ2) is 8.37. The van der Waals surface area contributed by atoms with Crippen LogP contribution in [0.2, 0.25) is 0 Å². The van der Waals surface area contributed by atoms with Gasteiger partial charge in [-0.3, -0.25) is 9.80 Å². The lowest BCUT2D eigenvalue weighted by molar-refractivity contribution is 0.0239. The highest BCUT2D eigenvalue weighted by molar-refractivity contribution is 5.14. The van der Waals surface area contributed by atoms with Crippen LogP contribution in [0.5, 0.6) is 0 Å². The van der Waals surface area contributed by atoms with Crippen LogP contribution < -0.4 is 5.73 Å². The molecule has 1 fully saturated rings. The molecule has 1 aromatic carbocycles. The van der Waals surface area contributed by atoms with E-state index in [-0.39, 0.29) is 0 Å². The quantitative estimate of drug-likeness (QED) is 0.812. The lowest BCUT2D eigenvalue weighted by Gasteiger charge is -2.35. The van der Waals surface area contributed by atoms with E-state index in [9.17, 15) is 0 Å². The summed E-state index contributed by atoms with van der Waals surface area (Å²) < 4.78 is 5.41. The molecular weight excluding hydrogens is 250 g/mol. The summed E-state index contributed by atoms with van der Waals surface area (Å²) in [5.74, 6) is 0. The van der Waals surface area contributed by atoms with Crippen LogP contribution in [0.1, 0.15) is 12.5 Å². The second-order valence-corrected chi connectivity index (χ2v) is 5.51. The minimum atomic E-state index is 0.511. The van der Waals surface area contributed by atoms with E-state index in [1.807, 2.05) is 0 Å². The van der Waals surface area contributed by atoms with Gasteiger partial charge in [-0.15, -0.1) is 0 Å². The number of nitrogens with zero attached hydrogens (tertiary/aromatic N) is 2. The molecule has 4 heteroatoms. The fourth-order valence-electron chi connectivity index (χ4n) is 2.71. The summed E-state index contributed by atoms with van der Waals surface area (Å²) in [6.45, 7) is 9.84.